The first-order chi connectivity index (χ1) is 11.5. The Hall–Kier alpha value is -2.10. The summed E-state index contributed by atoms with van der Waals surface area (Å²) in [6, 6.07) is -1.14. The van der Waals surface area contributed by atoms with E-state index in [1.165, 1.54) is 27.9 Å². The molecule has 25 heavy (non-hydrogen) atoms. The highest BCUT2D eigenvalue weighted by Gasteiger charge is 2.32. The Kier molecular flexibility index (Phi) is 6.97. The van der Waals surface area contributed by atoms with Crippen molar-refractivity contribution in [3.8, 4) is 0 Å². The number of nitrogens with zero attached hydrogens (tertiary/aromatic N) is 2. The van der Waals surface area contributed by atoms with Crippen LogP contribution < -0.4 is 5.32 Å². The number of aryl methyl sites for hydroxylation is 1. The largest absolute Gasteiger partial charge is 0.480 e. The summed E-state index contributed by atoms with van der Waals surface area (Å²) in [6.07, 6.45) is -4.35. The molecule has 0 saturated heterocycles. The van der Waals surface area contributed by atoms with Crippen LogP contribution in [0.4, 0.5) is 13.2 Å². The maximum Gasteiger partial charge on any atom is 0.408 e. The number of carbonyl (C=O) groups excluding carboxylic acids is 1. The van der Waals surface area contributed by atoms with Crippen LogP contribution in [0.5, 0.6) is 0 Å². The zero-order chi connectivity index (χ0) is 19.4. The summed E-state index contributed by atoms with van der Waals surface area (Å²) < 4.78 is 43.4. The van der Waals surface area contributed by atoms with Crippen molar-refractivity contribution in [1.82, 2.24) is 15.1 Å². The first-order valence-electron chi connectivity index (χ1n) is 7.60. The molecule has 2 unspecified atom stereocenters. The molecular weight excluding hydrogens is 343 g/mol. The lowest BCUT2D eigenvalue weighted by Gasteiger charge is -2.18. The second-order valence-electron chi connectivity index (χ2n) is 5.76. The fourth-order valence-corrected chi connectivity index (χ4v) is 2.58. The number of ether oxygens (including phenoxy) is 1. The number of aliphatic carboxylic acids is 1. The highest BCUT2D eigenvalue weighted by molar-refractivity contribution is 5.88. The average Bonchev–Trinajstić information content (AvgIpc) is 2.74. The van der Waals surface area contributed by atoms with Crippen molar-refractivity contribution in [3.63, 3.8) is 0 Å². The van der Waals surface area contributed by atoms with E-state index in [1.807, 2.05) is 0 Å². The third-order valence-electron chi connectivity index (χ3n) is 3.82. The molecule has 0 fully saturated rings. The van der Waals surface area contributed by atoms with Crippen LogP contribution in [0.3, 0.4) is 0 Å². The molecule has 0 spiro atoms. The molecule has 0 aliphatic rings. The van der Waals surface area contributed by atoms with Gasteiger partial charge in [-0.2, -0.15) is 18.3 Å². The first-order valence-corrected chi connectivity index (χ1v) is 7.60. The lowest BCUT2D eigenvalue weighted by molar-refractivity contribution is -0.143. The summed E-state index contributed by atoms with van der Waals surface area (Å²) in [7, 11) is 1.41. The van der Waals surface area contributed by atoms with Crippen LogP contribution in [-0.2, 0) is 20.9 Å². The number of carboxylic acid groups (broad SMARTS) is 1. The molecule has 142 valence electrons. The number of carbonyl (C=O) groups is 2. The Labute approximate surface area is 143 Å². The maximum atomic E-state index is 12.6. The number of nitrogens with one attached hydrogen (secondary N) is 1. The smallest absolute Gasteiger partial charge is 0.408 e. The van der Waals surface area contributed by atoms with E-state index in [9.17, 15) is 22.8 Å². The molecule has 0 aromatic carbocycles. The molecule has 0 bridgehead atoms. The molecule has 1 aromatic rings. The monoisotopic (exact) mass is 365 g/mol. The minimum atomic E-state index is -4.43. The van der Waals surface area contributed by atoms with Gasteiger partial charge in [0.2, 0.25) is 5.91 Å². The number of hydrogen-bond acceptors (Lipinski definition) is 4. The van der Waals surface area contributed by atoms with E-state index in [0.717, 1.165) is 4.68 Å². The normalized spacial score (nSPS) is 14.2. The van der Waals surface area contributed by atoms with E-state index in [1.54, 1.807) is 0 Å². The van der Waals surface area contributed by atoms with Crippen LogP contribution in [0.25, 0.3) is 0 Å². The summed E-state index contributed by atoms with van der Waals surface area (Å²) >= 11 is 0. The predicted molar refractivity (Wildman–Crippen MR) is 82.2 cm³/mol. The van der Waals surface area contributed by atoms with Crippen LogP contribution in [0, 0.1) is 13.8 Å². The lowest BCUT2D eigenvalue weighted by atomic mass is 9.97. The third kappa shape index (κ3) is 5.73. The molecule has 0 radical (unpaired) electrons. The highest BCUT2D eigenvalue weighted by Crippen LogP contribution is 2.26. The van der Waals surface area contributed by atoms with Crippen LogP contribution in [0.15, 0.2) is 0 Å². The fourth-order valence-electron chi connectivity index (χ4n) is 2.58. The van der Waals surface area contributed by atoms with Crippen molar-refractivity contribution >= 4 is 11.9 Å². The van der Waals surface area contributed by atoms with Crippen molar-refractivity contribution in [1.29, 1.82) is 0 Å². The second kappa shape index (κ2) is 8.32. The Bertz CT molecular complexity index is 628. The quantitative estimate of drug-likeness (QED) is 0.732. The molecule has 2 atom stereocenters. The van der Waals surface area contributed by atoms with Gasteiger partial charge in [0.1, 0.15) is 12.6 Å². The molecule has 0 saturated carbocycles. The van der Waals surface area contributed by atoms with Gasteiger partial charge in [0, 0.05) is 31.4 Å². The summed E-state index contributed by atoms with van der Waals surface area (Å²) in [4.78, 5) is 23.5. The van der Waals surface area contributed by atoms with Gasteiger partial charge in [-0.25, -0.2) is 4.79 Å². The number of amides is 1. The number of aromatic nitrogens is 2. The molecule has 0 aliphatic heterocycles. The summed E-state index contributed by atoms with van der Waals surface area (Å²) in [5, 5.41) is 15.4. The van der Waals surface area contributed by atoms with Crippen LogP contribution in [0.1, 0.15) is 36.2 Å². The van der Waals surface area contributed by atoms with Crippen molar-refractivity contribution in [2.75, 3.05) is 13.7 Å². The van der Waals surface area contributed by atoms with Gasteiger partial charge in [0.05, 0.1) is 11.6 Å². The topological polar surface area (TPSA) is 93.5 Å². The standard InChI is InChI=1S/C15H22F3N3O4/c1-8(13(22)19-11(14(23)24)5-6-25-4)12-9(2)20-21(10(12)3)7-15(16,17)18/h8,11H,5-7H2,1-4H3,(H,19,22)(H,23,24). The van der Waals surface area contributed by atoms with Gasteiger partial charge in [-0.3, -0.25) is 9.48 Å². The predicted octanol–water partition coefficient (Wildman–Crippen LogP) is 1.77. The molecule has 1 amide bonds. The van der Waals surface area contributed by atoms with Gasteiger partial charge in [-0.05, 0) is 20.8 Å². The van der Waals surface area contributed by atoms with Crippen molar-refractivity contribution < 1.29 is 32.6 Å². The van der Waals surface area contributed by atoms with Crippen molar-refractivity contribution in [2.24, 2.45) is 0 Å². The molecule has 1 rings (SSSR count). The van der Waals surface area contributed by atoms with Gasteiger partial charge in [-0.1, -0.05) is 0 Å². The van der Waals surface area contributed by atoms with Gasteiger partial charge >= 0.3 is 12.1 Å². The maximum absolute atomic E-state index is 12.6. The molecule has 10 heteroatoms. The Morgan fingerprint density at radius 1 is 1.36 bits per heavy atom. The number of methoxy groups -OCH3 is 1. The van der Waals surface area contributed by atoms with Crippen LogP contribution in [-0.4, -0.2) is 52.7 Å². The van der Waals surface area contributed by atoms with E-state index in [2.05, 4.69) is 10.4 Å². The van der Waals surface area contributed by atoms with E-state index in [4.69, 9.17) is 9.84 Å². The molecule has 1 aromatic heterocycles. The van der Waals surface area contributed by atoms with Gasteiger partial charge in [-0.15, -0.1) is 0 Å². The highest BCUT2D eigenvalue weighted by atomic mass is 19.4. The summed E-state index contributed by atoms with van der Waals surface area (Å²) in [5.74, 6) is -2.65. The first kappa shape index (κ1) is 20.9. The summed E-state index contributed by atoms with van der Waals surface area (Å²) in [5.41, 5.74) is 0.882. The van der Waals surface area contributed by atoms with Crippen molar-refractivity contribution in [3.05, 3.63) is 17.0 Å². The number of hydrogen-bond donors (Lipinski definition) is 2. The van der Waals surface area contributed by atoms with Crippen molar-refractivity contribution in [2.45, 2.75) is 51.9 Å². The molecule has 7 nitrogen and oxygen atoms in total. The zero-order valence-corrected chi connectivity index (χ0v) is 14.5. The third-order valence-corrected chi connectivity index (χ3v) is 3.82. The van der Waals surface area contributed by atoms with Gasteiger partial charge in [0.15, 0.2) is 0 Å². The minimum Gasteiger partial charge on any atom is -0.480 e. The van der Waals surface area contributed by atoms with E-state index < -0.39 is 36.6 Å². The fraction of sp³-hybridized carbons (Fsp3) is 0.667. The van der Waals surface area contributed by atoms with E-state index in [-0.39, 0.29) is 18.7 Å². The van der Waals surface area contributed by atoms with Gasteiger partial charge < -0.3 is 15.2 Å². The Morgan fingerprint density at radius 2 is 1.96 bits per heavy atom. The van der Waals surface area contributed by atoms with E-state index in [0.29, 0.717) is 11.3 Å². The summed E-state index contributed by atoms with van der Waals surface area (Å²) in [6.45, 7) is 3.36. The number of rotatable bonds is 8. The second-order valence-corrected chi connectivity index (χ2v) is 5.76. The average molecular weight is 365 g/mol. The lowest BCUT2D eigenvalue weighted by Crippen LogP contribution is -2.43. The SMILES string of the molecule is COCCC(NC(=O)C(C)c1c(C)nn(CC(F)(F)F)c1C)C(=O)O. The number of halogens is 3. The van der Waals surface area contributed by atoms with E-state index >= 15 is 0 Å². The zero-order valence-electron chi connectivity index (χ0n) is 14.5. The molecule has 1 heterocycles. The van der Waals surface area contributed by atoms with Crippen LogP contribution >= 0.6 is 0 Å². The Morgan fingerprint density at radius 3 is 2.44 bits per heavy atom. The Balaban J connectivity index is 2.96. The molecule has 2 N–H and O–H groups in total. The molecular formula is C15H22F3N3O4. The van der Waals surface area contributed by atoms with Gasteiger partial charge in [0.25, 0.3) is 0 Å². The number of carboxylic acids is 1. The number of alkyl halides is 3. The minimum absolute atomic E-state index is 0.0790. The molecule has 0 aliphatic carbocycles. The van der Waals surface area contributed by atoms with Crippen LogP contribution in [0.2, 0.25) is 0 Å².